The summed E-state index contributed by atoms with van der Waals surface area (Å²) >= 11 is 3.49. The molecule has 0 saturated heterocycles. The van der Waals surface area contributed by atoms with Crippen LogP contribution in [0.15, 0.2) is 47.1 Å². The number of rotatable bonds is 3. The van der Waals surface area contributed by atoms with Gasteiger partial charge in [-0.3, -0.25) is 0 Å². The molecule has 0 aliphatic carbocycles. The molecule has 0 aliphatic rings. The van der Waals surface area contributed by atoms with Crippen molar-refractivity contribution in [3.8, 4) is 0 Å². The lowest BCUT2D eigenvalue weighted by Crippen LogP contribution is -2.01. The van der Waals surface area contributed by atoms with Crippen LogP contribution in [0.1, 0.15) is 18.2 Å². The van der Waals surface area contributed by atoms with Crippen LogP contribution in [0.4, 0.5) is 0 Å². The molecule has 1 aromatic heterocycles. The van der Waals surface area contributed by atoms with E-state index in [2.05, 4.69) is 70.0 Å². The maximum Gasteiger partial charge on any atom is 0.0473 e. The maximum absolute atomic E-state index is 3.49. The molecular formula is C13H14BrN. The van der Waals surface area contributed by atoms with Crippen molar-refractivity contribution in [3.05, 3.63) is 58.3 Å². The van der Waals surface area contributed by atoms with Gasteiger partial charge >= 0.3 is 0 Å². The monoisotopic (exact) mass is 263 g/mol. The van der Waals surface area contributed by atoms with Crippen LogP contribution in [-0.2, 0) is 13.0 Å². The van der Waals surface area contributed by atoms with E-state index in [1.54, 1.807) is 0 Å². The second-order valence-electron chi connectivity index (χ2n) is 3.61. The summed E-state index contributed by atoms with van der Waals surface area (Å²) in [5, 5.41) is 0. The number of halogens is 1. The lowest BCUT2D eigenvalue weighted by Gasteiger charge is -2.08. The average Bonchev–Trinajstić information content (AvgIpc) is 2.65. The highest BCUT2D eigenvalue weighted by atomic mass is 79.9. The molecule has 1 aromatic carbocycles. The summed E-state index contributed by atoms with van der Waals surface area (Å²) in [5.74, 6) is 0. The molecule has 0 spiro atoms. The van der Waals surface area contributed by atoms with Gasteiger partial charge in [-0.1, -0.05) is 35.0 Å². The molecule has 0 saturated carbocycles. The first-order chi connectivity index (χ1) is 7.29. The summed E-state index contributed by atoms with van der Waals surface area (Å²) in [4.78, 5) is 0. The van der Waals surface area contributed by atoms with E-state index < -0.39 is 0 Å². The SMILES string of the molecule is CCc1cccn1Cc1cccc(Br)c1. The Morgan fingerprint density at radius 1 is 1.20 bits per heavy atom. The molecular weight excluding hydrogens is 250 g/mol. The molecule has 15 heavy (non-hydrogen) atoms. The standard InChI is InChI=1S/C13H14BrN/c1-2-13-7-4-8-15(13)10-11-5-3-6-12(14)9-11/h3-9H,2,10H2,1H3. The average molecular weight is 264 g/mol. The fourth-order valence-electron chi connectivity index (χ4n) is 1.76. The Hall–Kier alpha value is -1.02. The molecule has 0 aliphatic heterocycles. The number of aryl methyl sites for hydroxylation is 1. The Labute approximate surface area is 98.9 Å². The number of benzene rings is 1. The molecule has 0 amide bonds. The molecule has 0 bridgehead atoms. The summed E-state index contributed by atoms with van der Waals surface area (Å²) in [7, 11) is 0. The molecule has 2 heteroatoms. The quantitative estimate of drug-likeness (QED) is 0.793. The lowest BCUT2D eigenvalue weighted by atomic mass is 10.2. The zero-order valence-corrected chi connectivity index (χ0v) is 10.4. The fourth-order valence-corrected chi connectivity index (χ4v) is 2.20. The Kier molecular flexibility index (Phi) is 3.27. The van der Waals surface area contributed by atoms with Crippen molar-refractivity contribution in [2.75, 3.05) is 0 Å². The van der Waals surface area contributed by atoms with E-state index >= 15 is 0 Å². The molecule has 2 aromatic rings. The van der Waals surface area contributed by atoms with E-state index in [-0.39, 0.29) is 0 Å². The van der Waals surface area contributed by atoms with Gasteiger partial charge in [0.2, 0.25) is 0 Å². The van der Waals surface area contributed by atoms with Crippen molar-refractivity contribution in [3.63, 3.8) is 0 Å². The third kappa shape index (κ3) is 2.51. The van der Waals surface area contributed by atoms with Gasteiger partial charge in [0.25, 0.3) is 0 Å². The van der Waals surface area contributed by atoms with Crippen LogP contribution in [0, 0.1) is 0 Å². The van der Waals surface area contributed by atoms with Crippen LogP contribution < -0.4 is 0 Å². The van der Waals surface area contributed by atoms with E-state index in [0.29, 0.717) is 0 Å². The van der Waals surface area contributed by atoms with Crippen LogP contribution in [0.2, 0.25) is 0 Å². The van der Waals surface area contributed by atoms with Gasteiger partial charge in [-0.2, -0.15) is 0 Å². The molecule has 2 rings (SSSR count). The highest BCUT2D eigenvalue weighted by Gasteiger charge is 1.99. The third-order valence-electron chi connectivity index (χ3n) is 2.53. The summed E-state index contributed by atoms with van der Waals surface area (Å²) < 4.78 is 3.44. The van der Waals surface area contributed by atoms with E-state index in [1.165, 1.54) is 11.3 Å². The number of nitrogens with zero attached hydrogens (tertiary/aromatic N) is 1. The van der Waals surface area contributed by atoms with Crippen molar-refractivity contribution in [2.24, 2.45) is 0 Å². The topological polar surface area (TPSA) is 4.93 Å². The molecule has 0 atom stereocenters. The van der Waals surface area contributed by atoms with E-state index in [4.69, 9.17) is 0 Å². The first-order valence-corrected chi connectivity index (χ1v) is 5.97. The second kappa shape index (κ2) is 4.67. The smallest absolute Gasteiger partial charge is 0.0473 e. The summed E-state index contributed by atoms with van der Waals surface area (Å²) in [6, 6.07) is 12.7. The van der Waals surface area contributed by atoms with Gasteiger partial charge in [0, 0.05) is 22.9 Å². The minimum atomic E-state index is 0.954. The van der Waals surface area contributed by atoms with Gasteiger partial charge < -0.3 is 4.57 Å². The fraction of sp³-hybridized carbons (Fsp3) is 0.231. The molecule has 1 nitrogen and oxygen atoms in total. The van der Waals surface area contributed by atoms with Crippen LogP contribution in [0.3, 0.4) is 0 Å². The Morgan fingerprint density at radius 3 is 2.80 bits per heavy atom. The number of hydrogen-bond acceptors (Lipinski definition) is 0. The molecule has 0 radical (unpaired) electrons. The predicted molar refractivity (Wildman–Crippen MR) is 67.1 cm³/mol. The first kappa shape index (κ1) is 10.5. The minimum absolute atomic E-state index is 0.954. The van der Waals surface area contributed by atoms with Gasteiger partial charge in [0.1, 0.15) is 0 Å². The van der Waals surface area contributed by atoms with Gasteiger partial charge in [-0.15, -0.1) is 0 Å². The highest BCUT2D eigenvalue weighted by Crippen LogP contribution is 2.14. The minimum Gasteiger partial charge on any atom is -0.347 e. The van der Waals surface area contributed by atoms with E-state index in [9.17, 15) is 0 Å². The summed E-state index contributed by atoms with van der Waals surface area (Å²) in [5.41, 5.74) is 2.71. The van der Waals surface area contributed by atoms with Crippen LogP contribution in [0.5, 0.6) is 0 Å². The number of aromatic nitrogens is 1. The van der Waals surface area contributed by atoms with Gasteiger partial charge in [0.05, 0.1) is 0 Å². The predicted octanol–water partition coefficient (Wildman–Crippen LogP) is 3.86. The summed E-state index contributed by atoms with van der Waals surface area (Å²) in [6.45, 7) is 3.14. The molecule has 78 valence electrons. The third-order valence-corrected chi connectivity index (χ3v) is 3.02. The molecule has 0 fully saturated rings. The lowest BCUT2D eigenvalue weighted by molar-refractivity contribution is 0.751. The Bertz CT molecular complexity index is 445. The Balaban J connectivity index is 2.22. The molecule has 0 unspecified atom stereocenters. The van der Waals surface area contributed by atoms with Crippen molar-refractivity contribution < 1.29 is 0 Å². The molecule has 1 heterocycles. The van der Waals surface area contributed by atoms with Crippen molar-refractivity contribution in [1.29, 1.82) is 0 Å². The zero-order chi connectivity index (χ0) is 10.7. The first-order valence-electron chi connectivity index (χ1n) is 5.18. The largest absolute Gasteiger partial charge is 0.347 e. The van der Waals surface area contributed by atoms with Crippen molar-refractivity contribution in [2.45, 2.75) is 19.9 Å². The van der Waals surface area contributed by atoms with Crippen LogP contribution in [0.25, 0.3) is 0 Å². The molecule has 0 N–H and O–H groups in total. The van der Waals surface area contributed by atoms with Gasteiger partial charge in [-0.05, 0) is 36.2 Å². The van der Waals surface area contributed by atoms with Crippen LogP contribution in [-0.4, -0.2) is 4.57 Å². The van der Waals surface area contributed by atoms with E-state index in [1.807, 2.05) is 0 Å². The van der Waals surface area contributed by atoms with Gasteiger partial charge in [-0.25, -0.2) is 0 Å². The van der Waals surface area contributed by atoms with Gasteiger partial charge in [0.15, 0.2) is 0 Å². The maximum atomic E-state index is 3.49. The second-order valence-corrected chi connectivity index (χ2v) is 4.53. The Morgan fingerprint density at radius 2 is 2.07 bits per heavy atom. The van der Waals surface area contributed by atoms with Crippen molar-refractivity contribution >= 4 is 15.9 Å². The highest BCUT2D eigenvalue weighted by molar-refractivity contribution is 9.10. The zero-order valence-electron chi connectivity index (χ0n) is 8.78. The van der Waals surface area contributed by atoms with E-state index in [0.717, 1.165) is 17.4 Å². The summed E-state index contributed by atoms with van der Waals surface area (Å²) in [6.07, 6.45) is 3.22. The number of hydrogen-bond donors (Lipinski definition) is 0. The van der Waals surface area contributed by atoms with Crippen LogP contribution >= 0.6 is 15.9 Å². The normalized spacial score (nSPS) is 10.5. The van der Waals surface area contributed by atoms with Crippen molar-refractivity contribution in [1.82, 2.24) is 4.57 Å².